The lowest BCUT2D eigenvalue weighted by atomic mass is 10.1. The summed E-state index contributed by atoms with van der Waals surface area (Å²) in [4.78, 5) is 43.1. The number of aryl methyl sites for hydroxylation is 1. The van der Waals surface area contributed by atoms with Gasteiger partial charge in [0.25, 0.3) is 0 Å². The van der Waals surface area contributed by atoms with Gasteiger partial charge >= 0.3 is 6.03 Å². The zero-order valence-electron chi connectivity index (χ0n) is 17.4. The molecule has 7 nitrogen and oxygen atoms in total. The van der Waals surface area contributed by atoms with E-state index in [9.17, 15) is 14.4 Å². The fraction of sp³-hybridized carbons (Fsp3) is 0.348. The Balaban J connectivity index is 1.30. The number of hydrogen-bond acceptors (Lipinski definition) is 3. The molecule has 162 valence electrons. The lowest BCUT2D eigenvalue weighted by Crippen LogP contribution is -2.53. The van der Waals surface area contributed by atoms with E-state index in [-0.39, 0.29) is 30.2 Å². The Bertz CT molecular complexity index is 987. The van der Waals surface area contributed by atoms with Crippen molar-refractivity contribution >= 4 is 40.8 Å². The first-order valence-electron chi connectivity index (χ1n) is 10.4. The maximum absolute atomic E-state index is 13.0. The van der Waals surface area contributed by atoms with Gasteiger partial charge in [-0.05, 0) is 48.9 Å². The highest BCUT2D eigenvalue weighted by atomic mass is 35.5. The minimum Gasteiger partial charge on any atom is -0.339 e. The predicted octanol–water partition coefficient (Wildman–Crippen LogP) is 3.38. The van der Waals surface area contributed by atoms with Crippen molar-refractivity contribution in [2.24, 2.45) is 5.92 Å². The molecule has 0 bridgehead atoms. The molecule has 2 heterocycles. The second-order valence-electron chi connectivity index (χ2n) is 7.99. The Morgan fingerprint density at radius 2 is 1.68 bits per heavy atom. The third-order valence-corrected chi connectivity index (χ3v) is 6.01. The molecule has 2 saturated heterocycles. The molecule has 2 aliphatic rings. The number of halogens is 1. The van der Waals surface area contributed by atoms with Crippen LogP contribution in [0.3, 0.4) is 0 Å². The Hall–Kier alpha value is -3.06. The van der Waals surface area contributed by atoms with Gasteiger partial charge in [-0.1, -0.05) is 23.7 Å². The molecule has 2 aliphatic heterocycles. The summed E-state index contributed by atoms with van der Waals surface area (Å²) >= 11 is 5.92. The van der Waals surface area contributed by atoms with E-state index in [4.69, 9.17) is 11.6 Å². The molecule has 0 spiro atoms. The van der Waals surface area contributed by atoms with Gasteiger partial charge in [0.1, 0.15) is 0 Å². The van der Waals surface area contributed by atoms with E-state index in [2.05, 4.69) is 5.32 Å². The number of benzene rings is 2. The van der Waals surface area contributed by atoms with E-state index < -0.39 is 0 Å². The Labute approximate surface area is 186 Å². The van der Waals surface area contributed by atoms with E-state index in [1.54, 1.807) is 39.0 Å². The lowest BCUT2D eigenvalue weighted by Gasteiger charge is -2.35. The van der Waals surface area contributed by atoms with Gasteiger partial charge in [-0.15, -0.1) is 0 Å². The van der Waals surface area contributed by atoms with Crippen LogP contribution < -0.4 is 10.2 Å². The molecule has 4 rings (SSSR count). The molecular weight excluding hydrogens is 416 g/mol. The highest BCUT2D eigenvalue weighted by molar-refractivity contribution is 6.30. The number of nitrogens with zero attached hydrogens (tertiary/aromatic N) is 3. The van der Waals surface area contributed by atoms with Crippen molar-refractivity contribution < 1.29 is 14.4 Å². The number of nitrogens with one attached hydrogen (secondary N) is 1. The quantitative estimate of drug-likeness (QED) is 0.795. The average Bonchev–Trinajstić information content (AvgIpc) is 3.15. The van der Waals surface area contributed by atoms with Gasteiger partial charge in [0.05, 0.1) is 5.92 Å². The van der Waals surface area contributed by atoms with Crippen LogP contribution in [-0.4, -0.2) is 60.4 Å². The topological polar surface area (TPSA) is 73.0 Å². The molecular formula is C23H25ClN4O3. The van der Waals surface area contributed by atoms with Gasteiger partial charge in [-0.25, -0.2) is 4.79 Å². The molecule has 1 N–H and O–H groups in total. The van der Waals surface area contributed by atoms with Crippen molar-refractivity contribution in [2.45, 2.75) is 13.3 Å². The minimum atomic E-state index is -0.365. The number of amides is 4. The van der Waals surface area contributed by atoms with Crippen molar-refractivity contribution in [2.75, 3.05) is 42.9 Å². The summed E-state index contributed by atoms with van der Waals surface area (Å²) in [7, 11) is 0. The molecule has 0 aliphatic carbocycles. The Kier molecular flexibility index (Phi) is 6.13. The van der Waals surface area contributed by atoms with Crippen molar-refractivity contribution in [1.29, 1.82) is 0 Å². The predicted molar refractivity (Wildman–Crippen MR) is 120 cm³/mol. The van der Waals surface area contributed by atoms with Gasteiger partial charge in [0.2, 0.25) is 11.8 Å². The zero-order chi connectivity index (χ0) is 22.0. The van der Waals surface area contributed by atoms with Crippen LogP contribution in [0.5, 0.6) is 0 Å². The fourth-order valence-electron chi connectivity index (χ4n) is 4.06. The second kappa shape index (κ2) is 8.98. The second-order valence-corrected chi connectivity index (χ2v) is 8.43. The SMILES string of the molecule is Cc1cccc(NC(=O)N2CCN(C(=O)C3CC(=O)N(c4ccc(Cl)cc4)C3)CC2)c1. The fourth-order valence-corrected chi connectivity index (χ4v) is 4.18. The van der Waals surface area contributed by atoms with Crippen LogP contribution >= 0.6 is 11.6 Å². The largest absolute Gasteiger partial charge is 0.339 e. The maximum Gasteiger partial charge on any atom is 0.321 e. The van der Waals surface area contributed by atoms with Crippen LogP contribution in [0.2, 0.25) is 5.02 Å². The standard InChI is InChI=1S/C23H25ClN4O3/c1-16-3-2-4-19(13-16)25-23(31)27-11-9-26(10-12-27)22(30)17-14-21(29)28(15-17)20-7-5-18(24)6-8-20/h2-8,13,17H,9-12,14-15H2,1H3,(H,25,31). The molecule has 0 saturated carbocycles. The van der Waals surface area contributed by atoms with Gasteiger partial charge in [-0.2, -0.15) is 0 Å². The molecule has 2 aromatic rings. The van der Waals surface area contributed by atoms with Crippen LogP contribution in [-0.2, 0) is 9.59 Å². The van der Waals surface area contributed by atoms with Crippen LogP contribution in [0, 0.1) is 12.8 Å². The molecule has 2 fully saturated rings. The Morgan fingerprint density at radius 3 is 2.35 bits per heavy atom. The highest BCUT2D eigenvalue weighted by Gasteiger charge is 2.38. The van der Waals surface area contributed by atoms with E-state index in [1.165, 1.54) is 0 Å². The summed E-state index contributed by atoms with van der Waals surface area (Å²) in [5, 5.41) is 3.51. The maximum atomic E-state index is 13.0. The van der Waals surface area contributed by atoms with Crippen molar-refractivity contribution in [3.05, 3.63) is 59.1 Å². The number of anilines is 2. The van der Waals surface area contributed by atoms with Gasteiger partial charge < -0.3 is 20.0 Å². The van der Waals surface area contributed by atoms with Crippen molar-refractivity contribution in [3.8, 4) is 0 Å². The number of hydrogen-bond donors (Lipinski definition) is 1. The molecule has 0 aromatic heterocycles. The van der Waals surface area contributed by atoms with Crippen molar-refractivity contribution in [1.82, 2.24) is 9.80 Å². The summed E-state index contributed by atoms with van der Waals surface area (Å²) in [6, 6.07) is 14.5. The normalized spacial score (nSPS) is 19.0. The molecule has 8 heteroatoms. The summed E-state index contributed by atoms with van der Waals surface area (Å²) in [6.07, 6.45) is 0.204. The van der Waals surface area contributed by atoms with Gasteiger partial charge in [0.15, 0.2) is 0 Å². The minimum absolute atomic E-state index is 0.0245. The highest BCUT2D eigenvalue weighted by Crippen LogP contribution is 2.27. The summed E-state index contributed by atoms with van der Waals surface area (Å²) in [5.41, 5.74) is 2.59. The number of rotatable bonds is 3. The summed E-state index contributed by atoms with van der Waals surface area (Å²) < 4.78 is 0. The number of carbonyl (C=O) groups is 3. The van der Waals surface area contributed by atoms with Gasteiger partial charge in [-0.3, -0.25) is 9.59 Å². The zero-order valence-corrected chi connectivity index (χ0v) is 18.1. The third-order valence-electron chi connectivity index (χ3n) is 5.76. The molecule has 4 amide bonds. The first-order valence-corrected chi connectivity index (χ1v) is 10.8. The number of urea groups is 1. The first-order chi connectivity index (χ1) is 14.9. The molecule has 2 aromatic carbocycles. The summed E-state index contributed by atoms with van der Waals surface area (Å²) in [5.74, 6) is -0.448. The number of piperazine rings is 1. The molecule has 1 unspecified atom stereocenters. The molecule has 1 atom stereocenters. The van der Waals surface area contributed by atoms with Crippen molar-refractivity contribution in [3.63, 3.8) is 0 Å². The first kappa shape index (κ1) is 21.2. The monoisotopic (exact) mass is 440 g/mol. The Morgan fingerprint density at radius 1 is 1.00 bits per heavy atom. The lowest BCUT2D eigenvalue weighted by molar-refractivity contribution is -0.137. The molecule has 0 radical (unpaired) electrons. The van der Waals surface area contributed by atoms with E-state index in [0.29, 0.717) is 37.7 Å². The molecule has 31 heavy (non-hydrogen) atoms. The van der Waals surface area contributed by atoms with E-state index in [0.717, 1.165) is 16.9 Å². The van der Waals surface area contributed by atoms with E-state index in [1.807, 2.05) is 31.2 Å². The summed E-state index contributed by atoms with van der Waals surface area (Å²) in [6.45, 7) is 4.20. The van der Waals surface area contributed by atoms with Crippen LogP contribution in [0.15, 0.2) is 48.5 Å². The van der Waals surface area contributed by atoms with Gasteiger partial charge in [0, 0.05) is 55.5 Å². The smallest absolute Gasteiger partial charge is 0.321 e. The average molecular weight is 441 g/mol. The van der Waals surface area contributed by atoms with Crippen LogP contribution in [0.25, 0.3) is 0 Å². The van der Waals surface area contributed by atoms with Crippen LogP contribution in [0.1, 0.15) is 12.0 Å². The van der Waals surface area contributed by atoms with E-state index >= 15 is 0 Å². The number of carbonyl (C=O) groups excluding carboxylic acids is 3. The van der Waals surface area contributed by atoms with Crippen LogP contribution in [0.4, 0.5) is 16.2 Å². The third kappa shape index (κ3) is 4.82.